The molecule has 5 heteroatoms. The van der Waals surface area contributed by atoms with Crippen molar-refractivity contribution < 1.29 is 15.0 Å². The van der Waals surface area contributed by atoms with Crippen LogP contribution in [-0.4, -0.2) is 41.9 Å². The van der Waals surface area contributed by atoms with Gasteiger partial charge in [0.25, 0.3) is 0 Å². The van der Waals surface area contributed by atoms with Crippen LogP contribution in [0, 0.1) is 5.41 Å². The van der Waals surface area contributed by atoms with Crippen LogP contribution in [0.25, 0.3) is 0 Å². The highest BCUT2D eigenvalue weighted by atomic mass is 16.3. The van der Waals surface area contributed by atoms with Crippen LogP contribution < -0.4 is 11.1 Å². The van der Waals surface area contributed by atoms with Crippen LogP contribution in [0.2, 0.25) is 0 Å². The fraction of sp³-hybridized carbons (Fsp3) is 0.889. The van der Waals surface area contributed by atoms with Crippen molar-refractivity contribution in [3.63, 3.8) is 0 Å². The van der Waals surface area contributed by atoms with Crippen LogP contribution in [0.15, 0.2) is 0 Å². The van der Waals surface area contributed by atoms with Crippen LogP contribution >= 0.6 is 0 Å². The molecule has 84 valence electrons. The molecule has 0 aliphatic heterocycles. The number of aliphatic hydroxyl groups is 2. The van der Waals surface area contributed by atoms with E-state index >= 15 is 0 Å². The fourth-order valence-corrected chi connectivity index (χ4v) is 0.852. The van der Waals surface area contributed by atoms with Gasteiger partial charge in [0.15, 0.2) is 0 Å². The largest absolute Gasteiger partial charge is 0.396 e. The summed E-state index contributed by atoms with van der Waals surface area (Å²) in [5, 5.41) is 21.0. The van der Waals surface area contributed by atoms with Crippen molar-refractivity contribution >= 4 is 5.91 Å². The number of nitrogens with one attached hydrogen (secondary N) is 1. The molecule has 0 heterocycles. The normalized spacial score (nSPS) is 13.8. The van der Waals surface area contributed by atoms with Gasteiger partial charge in [-0.05, 0) is 13.0 Å². The number of hydrogen-bond donors (Lipinski definition) is 4. The van der Waals surface area contributed by atoms with E-state index in [0.717, 1.165) is 0 Å². The summed E-state index contributed by atoms with van der Waals surface area (Å²) in [5.41, 5.74) is 4.44. The number of nitrogens with two attached hydrogens (primary N) is 1. The van der Waals surface area contributed by atoms with Gasteiger partial charge in [0.1, 0.15) is 6.10 Å². The first-order chi connectivity index (χ1) is 6.45. The maximum Gasteiger partial charge on any atom is 0.249 e. The quantitative estimate of drug-likeness (QED) is 0.410. The summed E-state index contributed by atoms with van der Waals surface area (Å²) in [6.07, 6.45) is -0.511. The highest BCUT2D eigenvalue weighted by Crippen LogP contribution is 2.19. The Bertz CT molecular complexity index is 183. The molecule has 0 aliphatic carbocycles. The van der Waals surface area contributed by atoms with E-state index in [4.69, 9.17) is 10.8 Å². The lowest BCUT2D eigenvalue weighted by molar-refractivity contribution is -0.137. The van der Waals surface area contributed by atoms with Crippen molar-refractivity contribution in [3.05, 3.63) is 0 Å². The molecule has 5 N–H and O–H groups in total. The maximum atomic E-state index is 11.3. The second-order valence-corrected chi connectivity index (χ2v) is 3.98. The second kappa shape index (κ2) is 5.95. The first-order valence-corrected chi connectivity index (χ1v) is 4.72. The van der Waals surface area contributed by atoms with Crippen molar-refractivity contribution in [1.82, 2.24) is 5.32 Å². The molecule has 14 heavy (non-hydrogen) atoms. The zero-order chi connectivity index (χ0) is 11.2. The van der Waals surface area contributed by atoms with Gasteiger partial charge in [-0.1, -0.05) is 13.8 Å². The summed E-state index contributed by atoms with van der Waals surface area (Å²) in [7, 11) is 0. The zero-order valence-corrected chi connectivity index (χ0v) is 8.79. The molecule has 0 radical (unpaired) electrons. The van der Waals surface area contributed by atoms with Crippen LogP contribution in [0.5, 0.6) is 0 Å². The molecule has 0 unspecified atom stereocenters. The molecule has 5 nitrogen and oxygen atoms in total. The highest BCUT2D eigenvalue weighted by Gasteiger charge is 2.32. The minimum atomic E-state index is -1.19. The summed E-state index contributed by atoms with van der Waals surface area (Å²) in [4.78, 5) is 11.3. The first-order valence-electron chi connectivity index (χ1n) is 4.72. The summed E-state index contributed by atoms with van der Waals surface area (Å²) in [6, 6.07) is 0. The molecule has 0 saturated carbocycles. The Labute approximate surface area is 84.3 Å². The Morgan fingerprint density at radius 1 is 1.57 bits per heavy atom. The number of amides is 1. The van der Waals surface area contributed by atoms with E-state index in [-0.39, 0.29) is 6.61 Å². The fourth-order valence-electron chi connectivity index (χ4n) is 0.852. The molecule has 0 spiro atoms. The van der Waals surface area contributed by atoms with Gasteiger partial charge in [-0.2, -0.15) is 0 Å². The summed E-state index contributed by atoms with van der Waals surface area (Å²) in [6.45, 7) is 3.96. The van der Waals surface area contributed by atoms with Crippen molar-refractivity contribution in [2.24, 2.45) is 11.1 Å². The third-order valence-electron chi connectivity index (χ3n) is 2.08. The predicted molar refractivity (Wildman–Crippen MR) is 53.6 cm³/mol. The predicted octanol–water partition coefficient (Wildman–Crippen LogP) is -1.17. The Kier molecular flexibility index (Phi) is 5.68. The summed E-state index contributed by atoms with van der Waals surface area (Å²) < 4.78 is 0. The van der Waals surface area contributed by atoms with E-state index in [2.05, 4.69) is 5.32 Å². The first kappa shape index (κ1) is 13.4. The third kappa shape index (κ3) is 4.04. The highest BCUT2D eigenvalue weighted by molar-refractivity contribution is 5.81. The molecule has 0 bridgehead atoms. The van der Waals surface area contributed by atoms with E-state index in [1.54, 1.807) is 13.8 Å². The Balaban J connectivity index is 3.99. The molecule has 0 rings (SSSR count). The number of rotatable bonds is 6. The van der Waals surface area contributed by atoms with Crippen LogP contribution in [0.3, 0.4) is 0 Å². The van der Waals surface area contributed by atoms with Gasteiger partial charge in [0.05, 0.1) is 6.61 Å². The Hall–Kier alpha value is -0.650. The van der Waals surface area contributed by atoms with E-state index in [9.17, 15) is 9.90 Å². The molecule has 1 amide bonds. The standard InChI is InChI=1S/C9H20N2O3/c1-9(2,6-12)7(13)8(14)11-5-3-4-10/h7,12-13H,3-6,10H2,1-2H3,(H,11,14)/t7-/m0/s1. The topological polar surface area (TPSA) is 95.6 Å². The molecular formula is C9H20N2O3. The van der Waals surface area contributed by atoms with Gasteiger partial charge in [0, 0.05) is 12.0 Å². The van der Waals surface area contributed by atoms with Crippen molar-refractivity contribution in [2.45, 2.75) is 26.4 Å². The van der Waals surface area contributed by atoms with E-state index in [0.29, 0.717) is 19.5 Å². The van der Waals surface area contributed by atoms with Gasteiger partial charge in [-0.25, -0.2) is 0 Å². The van der Waals surface area contributed by atoms with Crippen molar-refractivity contribution in [2.75, 3.05) is 19.7 Å². The maximum absolute atomic E-state index is 11.3. The van der Waals surface area contributed by atoms with Gasteiger partial charge in [-0.15, -0.1) is 0 Å². The zero-order valence-electron chi connectivity index (χ0n) is 8.79. The number of carbonyl (C=O) groups is 1. The Morgan fingerprint density at radius 2 is 2.14 bits per heavy atom. The molecule has 0 aromatic rings. The smallest absolute Gasteiger partial charge is 0.249 e. The van der Waals surface area contributed by atoms with Crippen LogP contribution in [0.4, 0.5) is 0 Å². The lowest BCUT2D eigenvalue weighted by Gasteiger charge is -2.27. The average Bonchev–Trinajstić information content (AvgIpc) is 2.17. The molecule has 0 fully saturated rings. The van der Waals surface area contributed by atoms with Crippen molar-refractivity contribution in [3.8, 4) is 0 Å². The van der Waals surface area contributed by atoms with Crippen LogP contribution in [-0.2, 0) is 4.79 Å². The van der Waals surface area contributed by atoms with Crippen molar-refractivity contribution in [1.29, 1.82) is 0 Å². The van der Waals surface area contributed by atoms with E-state index in [1.165, 1.54) is 0 Å². The number of aliphatic hydroxyl groups excluding tert-OH is 2. The molecule has 0 saturated heterocycles. The molecule has 1 atom stereocenters. The Morgan fingerprint density at radius 3 is 2.57 bits per heavy atom. The second-order valence-electron chi connectivity index (χ2n) is 3.98. The molecular weight excluding hydrogens is 184 g/mol. The van der Waals surface area contributed by atoms with E-state index in [1.807, 2.05) is 0 Å². The van der Waals surface area contributed by atoms with Crippen LogP contribution in [0.1, 0.15) is 20.3 Å². The number of carbonyl (C=O) groups excluding carboxylic acids is 1. The number of hydrogen-bond acceptors (Lipinski definition) is 4. The monoisotopic (exact) mass is 204 g/mol. The average molecular weight is 204 g/mol. The molecule has 0 aromatic carbocycles. The summed E-state index contributed by atoms with van der Waals surface area (Å²) in [5.74, 6) is -0.461. The minimum Gasteiger partial charge on any atom is -0.396 e. The van der Waals surface area contributed by atoms with Gasteiger partial charge in [-0.3, -0.25) is 4.79 Å². The van der Waals surface area contributed by atoms with Gasteiger partial charge < -0.3 is 21.3 Å². The minimum absolute atomic E-state index is 0.238. The SMILES string of the molecule is CC(C)(CO)[C@@H](O)C(=O)NCCCN. The third-order valence-corrected chi connectivity index (χ3v) is 2.08. The van der Waals surface area contributed by atoms with Gasteiger partial charge >= 0.3 is 0 Å². The molecule has 0 aliphatic rings. The van der Waals surface area contributed by atoms with E-state index < -0.39 is 17.4 Å². The lowest BCUT2D eigenvalue weighted by Crippen LogP contribution is -2.45. The molecule has 0 aromatic heterocycles. The summed E-state index contributed by atoms with van der Waals surface area (Å²) >= 11 is 0. The van der Waals surface area contributed by atoms with Gasteiger partial charge in [0.2, 0.25) is 5.91 Å². The lowest BCUT2D eigenvalue weighted by atomic mass is 9.87.